The number of halogens is 1. The van der Waals surface area contributed by atoms with E-state index in [9.17, 15) is 4.79 Å². The van der Waals surface area contributed by atoms with Crippen LogP contribution >= 0.6 is 11.6 Å². The standard InChI is InChI=1S/C13H13ClN2O2/c1-9-7-15-12(14)13(17)16(9)8-10-3-5-11(18-2)6-4-10/h3-7H,8H2,1-2H3. The van der Waals surface area contributed by atoms with Crippen LogP contribution < -0.4 is 10.3 Å². The van der Waals surface area contributed by atoms with Crippen LogP contribution in [0.5, 0.6) is 5.75 Å². The van der Waals surface area contributed by atoms with E-state index < -0.39 is 0 Å². The minimum atomic E-state index is -0.271. The molecule has 1 aromatic heterocycles. The van der Waals surface area contributed by atoms with Gasteiger partial charge in [0.2, 0.25) is 0 Å². The van der Waals surface area contributed by atoms with Gasteiger partial charge in [-0.25, -0.2) is 4.98 Å². The summed E-state index contributed by atoms with van der Waals surface area (Å²) in [6, 6.07) is 7.55. The fourth-order valence-electron chi connectivity index (χ4n) is 1.66. The van der Waals surface area contributed by atoms with Crippen LogP contribution in [0.15, 0.2) is 35.3 Å². The van der Waals surface area contributed by atoms with E-state index in [2.05, 4.69) is 4.98 Å². The molecule has 0 aliphatic heterocycles. The Labute approximate surface area is 110 Å². The maximum Gasteiger partial charge on any atom is 0.288 e. The third-order valence-corrected chi connectivity index (χ3v) is 2.97. The fourth-order valence-corrected chi connectivity index (χ4v) is 1.81. The SMILES string of the molecule is COc1ccc(Cn2c(C)cnc(Cl)c2=O)cc1. The van der Waals surface area contributed by atoms with Crippen molar-refractivity contribution >= 4 is 11.6 Å². The first kappa shape index (κ1) is 12.6. The van der Waals surface area contributed by atoms with Crippen LogP contribution in [0.1, 0.15) is 11.3 Å². The fraction of sp³-hybridized carbons (Fsp3) is 0.231. The van der Waals surface area contributed by atoms with Crippen molar-refractivity contribution in [2.24, 2.45) is 0 Å². The average molecular weight is 265 g/mol. The van der Waals surface area contributed by atoms with Gasteiger partial charge in [0.15, 0.2) is 5.15 Å². The first-order valence-corrected chi connectivity index (χ1v) is 5.84. The van der Waals surface area contributed by atoms with Crippen molar-refractivity contribution in [3.63, 3.8) is 0 Å². The number of aromatic nitrogens is 2. The Kier molecular flexibility index (Phi) is 3.67. The van der Waals surface area contributed by atoms with Crippen molar-refractivity contribution in [3.8, 4) is 5.75 Å². The number of methoxy groups -OCH3 is 1. The van der Waals surface area contributed by atoms with Crippen molar-refractivity contribution in [1.82, 2.24) is 9.55 Å². The number of nitrogens with zero attached hydrogens (tertiary/aromatic N) is 2. The van der Waals surface area contributed by atoms with Gasteiger partial charge in [0.05, 0.1) is 13.7 Å². The van der Waals surface area contributed by atoms with Gasteiger partial charge in [-0.3, -0.25) is 4.79 Å². The minimum Gasteiger partial charge on any atom is -0.497 e. The summed E-state index contributed by atoms with van der Waals surface area (Å²) >= 11 is 5.74. The maximum absolute atomic E-state index is 11.9. The lowest BCUT2D eigenvalue weighted by Crippen LogP contribution is -2.24. The van der Waals surface area contributed by atoms with E-state index in [0.717, 1.165) is 17.0 Å². The van der Waals surface area contributed by atoms with E-state index in [1.807, 2.05) is 31.2 Å². The molecule has 0 spiro atoms. The molecule has 1 aromatic carbocycles. The normalized spacial score (nSPS) is 10.4. The number of benzene rings is 1. The lowest BCUT2D eigenvalue weighted by Gasteiger charge is -2.10. The van der Waals surface area contributed by atoms with Gasteiger partial charge >= 0.3 is 0 Å². The molecule has 0 saturated heterocycles. The van der Waals surface area contributed by atoms with Gasteiger partial charge in [-0.05, 0) is 24.6 Å². The van der Waals surface area contributed by atoms with Gasteiger partial charge in [-0.2, -0.15) is 0 Å². The quantitative estimate of drug-likeness (QED) is 0.854. The van der Waals surface area contributed by atoms with Gasteiger partial charge in [0.25, 0.3) is 5.56 Å². The molecule has 2 rings (SSSR count). The van der Waals surface area contributed by atoms with E-state index in [-0.39, 0.29) is 10.7 Å². The van der Waals surface area contributed by atoms with Crippen molar-refractivity contribution < 1.29 is 4.74 Å². The molecule has 0 amide bonds. The Bertz CT molecular complexity index is 605. The zero-order valence-corrected chi connectivity index (χ0v) is 10.9. The molecule has 0 atom stereocenters. The second-order valence-corrected chi connectivity index (χ2v) is 4.29. The van der Waals surface area contributed by atoms with Crippen molar-refractivity contribution in [3.05, 3.63) is 57.2 Å². The van der Waals surface area contributed by atoms with Crippen LogP contribution in [0.25, 0.3) is 0 Å². The van der Waals surface area contributed by atoms with Crippen LogP contribution in [0.4, 0.5) is 0 Å². The minimum absolute atomic E-state index is 0.00545. The van der Waals surface area contributed by atoms with Gasteiger partial charge in [-0.1, -0.05) is 23.7 Å². The molecule has 0 bridgehead atoms. The van der Waals surface area contributed by atoms with Gasteiger partial charge < -0.3 is 9.30 Å². The molecule has 18 heavy (non-hydrogen) atoms. The molecule has 0 radical (unpaired) electrons. The summed E-state index contributed by atoms with van der Waals surface area (Å²) in [7, 11) is 1.62. The van der Waals surface area contributed by atoms with Crippen LogP contribution in [-0.2, 0) is 6.54 Å². The van der Waals surface area contributed by atoms with Crippen LogP contribution in [0, 0.1) is 6.92 Å². The summed E-state index contributed by atoms with van der Waals surface area (Å²) in [6.45, 7) is 2.30. The third kappa shape index (κ3) is 2.54. The van der Waals surface area contributed by atoms with E-state index in [4.69, 9.17) is 16.3 Å². The first-order valence-electron chi connectivity index (χ1n) is 5.46. The van der Waals surface area contributed by atoms with Crippen LogP contribution in [-0.4, -0.2) is 16.7 Å². The van der Waals surface area contributed by atoms with Gasteiger partial charge in [-0.15, -0.1) is 0 Å². The van der Waals surface area contributed by atoms with E-state index >= 15 is 0 Å². The number of ether oxygens (including phenoxy) is 1. The second kappa shape index (κ2) is 5.23. The maximum atomic E-state index is 11.9. The Morgan fingerprint density at radius 1 is 1.33 bits per heavy atom. The molecule has 1 heterocycles. The van der Waals surface area contributed by atoms with E-state index in [0.29, 0.717) is 6.54 Å². The lowest BCUT2D eigenvalue weighted by molar-refractivity contribution is 0.414. The largest absolute Gasteiger partial charge is 0.497 e. The lowest BCUT2D eigenvalue weighted by atomic mass is 10.2. The topological polar surface area (TPSA) is 44.1 Å². The summed E-state index contributed by atoms with van der Waals surface area (Å²) in [5, 5.41) is -0.00545. The number of aryl methyl sites for hydroxylation is 1. The first-order chi connectivity index (χ1) is 8.61. The van der Waals surface area contributed by atoms with E-state index in [1.165, 1.54) is 0 Å². The molecular formula is C13H13ClN2O2. The Balaban J connectivity index is 2.33. The summed E-state index contributed by atoms with van der Waals surface area (Å²) in [4.78, 5) is 15.7. The highest BCUT2D eigenvalue weighted by atomic mass is 35.5. The summed E-state index contributed by atoms with van der Waals surface area (Å²) in [5.74, 6) is 0.788. The molecule has 0 aliphatic carbocycles. The predicted molar refractivity (Wildman–Crippen MR) is 70.3 cm³/mol. The number of rotatable bonds is 3. The Morgan fingerprint density at radius 3 is 2.61 bits per heavy atom. The zero-order valence-electron chi connectivity index (χ0n) is 10.2. The van der Waals surface area contributed by atoms with Crippen LogP contribution in [0.3, 0.4) is 0 Å². The highest BCUT2D eigenvalue weighted by molar-refractivity contribution is 6.29. The Morgan fingerprint density at radius 2 is 2.00 bits per heavy atom. The smallest absolute Gasteiger partial charge is 0.288 e. The second-order valence-electron chi connectivity index (χ2n) is 3.93. The zero-order chi connectivity index (χ0) is 13.1. The molecule has 0 fully saturated rings. The van der Waals surface area contributed by atoms with Crippen molar-refractivity contribution in [2.75, 3.05) is 7.11 Å². The molecule has 0 saturated carbocycles. The summed E-state index contributed by atoms with van der Waals surface area (Å²) in [5.41, 5.74) is 1.51. The monoisotopic (exact) mass is 264 g/mol. The Hall–Kier alpha value is -1.81. The van der Waals surface area contributed by atoms with Crippen LogP contribution in [0.2, 0.25) is 5.15 Å². The van der Waals surface area contributed by atoms with Crippen molar-refractivity contribution in [2.45, 2.75) is 13.5 Å². The third-order valence-electron chi connectivity index (χ3n) is 2.71. The number of hydrogen-bond acceptors (Lipinski definition) is 3. The molecular weight excluding hydrogens is 252 g/mol. The van der Waals surface area contributed by atoms with Crippen molar-refractivity contribution in [1.29, 1.82) is 0 Å². The van der Waals surface area contributed by atoms with Gasteiger partial charge in [0.1, 0.15) is 5.75 Å². The molecule has 94 valence electrons. The summed E-state index contributed by atoms with van der Waals surface area (Å²) < 4.78 is 6.68. The highest BCUT2D eigenvalue weighted by Crippen LogP contribution is 2.12. The molecule has 0 aliphatic rings. The summed E-state index contributed by atoms with van der Waals surface area (Å²) in [6.07, 6.45) is 1.59. The molecule has 2 aromatic rings. The molecule has 4 nitrogen and oxygen atoms in total. The predicted octanol–water partition coefficient (Wildman–Crippen LogP) is 2.26. The number of hydrogen-bond donors (Lipinski definition) is 0. The molecule has 0 N–H and O–H groups in total. The molecule has 0 unspecified atom stereocenters. The molecule has 5 heteroatoms. The van der Waals surface area contributed by atoms with Gasteiger partial charge in [0, 0.05) is 11.9 Å². The van der Waals surface area contributed by atoms with E-state index in [1.54, 1.807) is 17.9 Å². The highest BCUT2D eigenvalue weighted by Gasteiger charge is 2.06. The average Bonchev–Trinajstić information content (AvgIpc) is 2.40.